The standard InChI is InChI=1S/C26H34BN4O6/c1-16(2)13-22(27-31(14-23(33)37-27)17(3)15-36-27)29-26(35)24(18(4)32)30-25(34)21-12-8-11-20(28-21)19-9-6-5-7-10-19/h5-12,16-18,22,24,32H,13-15H2,1-4H3,(H,29,35)(H,30,34)/q-1/t17-,18-,22+,24+,27?/m1/s1. The minimum absolute atomic E-state index is 0.0479. The van der Waals surface area contributed by atoms with E-state index in [2.05, 4.69) is 15.6 Å². The highest BCUT2D eigenvalue weighted by molar-refractivity contribution is 6.70. The van der Waals surface area contributed by atoms with Crippen LogP contribution in [0.2, 0.25) is 0 Å². The highest BCUT2D eigenvalue weighted by Crippen LogP contribution is 2.34. The number of fused-ring (bicyclic) bond motifs is 1. The third kappa shape index (κ3) is 5.68. The Morgan fingerprint density at radius 1 is 1.14 bits per heavy atom. The van der Waals surface area contributed by atoms with Gasteiger partial charge >= 0.3 is 6.69 Å². The molecule has 2 aromatic rings. The number of aliphatic hydroxyl groups excluding tert-OH is 1. The van der Waals surface area contributed by atoms with Crippen molar-refractivity contribution in [3.63, 3.8) is 0 Å². The Labute approximate surface area is 216 Å². The molecule has 2 amide bonds. The molecule has 3 heterocycles. The number of hydrogen-bond acceptors (Lipinski definition) is 8. The van der Waals surface area contributed by atoms with Gasteiger partial charge in [-0.25, -0.2) is 4.98 Å². The maximum atomic E-state index is 13.4. The van der Waals surface area contributed by atoms with E-state index < -0.39 is 42.6 Å². The number of benzene rings is 1. The first-order valence-electron chi connectivity index (χ1n) is 12.7. The molecule has 2 saturated heterocycles. The Hall–Kier alpha value is -3.28. The number of aliphatic hydroxyl groups is 1. The summed E-state index contributed by atoms with van der Waals surface area (Å²) in [7, 11) is 0. The fraction of sp³-hybridized carbons (Fsp3) is 0.462. The van der Waals surface area contributed by atoms with E-state index in [0.29, 0.717) is 18.7 Å². The van der Waals surface area contributed by atoms with Gasteiger partial charge in [0.25, 0.3) is 11.9 Å². The van der Waals surface area contributed by atoms with Crippen LogP contribution in [0.4, 0.5) is 0 Å². The van der Waals surface area contributed by atoms with Crippen LogP contribution in [0.15, 0.2) is 48.5 Å². The van der Waals surface area contributed by atoms with Crippen molar-refractivity contribution < 1.29 is 28.8 Å². The fourth-order valence-electron chi connectivity index (χ4n) is 5.08. The number of rotatable bonds is 9. The van der Waals surface area contributed by atoms with Crippen LogP contribution >= 0.6 is 0 Å². The molecule has 0 saturated carbocycles. The zero-order valence-electron chi connectivity index (χ0n) is 21.6. The first-order valence-corrected chi connectivity index (χ1v) is 12.7. The molecule has 0 aliphatic carbocycles. The molecule has 1 unspecified atom stereocenters. The van der Waals surface area contributed by atoms with E-state index in [1.165, 1.54) is 6.92 Å². The minimum atomic E-state index is -2.25. The number of carbonyl (C=O) groups excluding carboxylic acids is 3. The monoisotopic (exact) mass is 509 g/mol. The van der Waals surface area contributed by atoms with Crippen molar-refractivity contribution in [2.24, 2.45) is 5.92 Å². The molecule has 2 aliphatic rings. The summed E-state index contributed by atoms with van der Waals surface area (Å²) in [5, 5.41) is 16.0. The zero-order valence-corrected chi connectivity index (χ0v) is 21.6. The van der Waals surface area contributed by atoms with Gasteiger partial charge in [0.15, 0.2) is 0 Å². The molecule has 37 heavy (non-hydrogen) atoms. The number of hydrogen-bond donors (Lipinski definition) is 3. The molecule has 11 heteroatoms. The Kier molecular flexibility index (Phi) is 7.96. The second-order valence-corrected chi connectivity index (χ2v) is 10.3. The average molecular weight is 509 g/mol. The van der Waals surface area contributed by atoms with Crippen molar-refractivity contribution in [1.82, 2.24) is 20.4 Å². The second kappa shape index (κ2) is 11.0. The van der Waals surface area contributed by atoms with Gasteiger partial charge in [0.1, 0.15) is 11.7 Å². The summed E-state index contributed by atoms with van der Waals surface area (Å²) in [5.41, 5.74) is 1.58. The van der Waals surface area contributed by atoms with Crippen molar-refractivity contribution in [3.05, 3.63) is 54.2 Å². The summed E-state index contributed by atoms with van der Waals surface area (Å²) in [4.78, 5) is 45.0. The normalized spacial score (nSPS) is 23.7. The van der Waals surface area contributed by atoms with Gasteiger partial charge < -0.3 is 29.9 Å². The van der Waals surface area contributed by atoms with Crippen LogP contribution < -0.4 is 10.6 Å². The van der Waals surface area contributed by atoms with Crippen molar-refractivity contribution in [3.8, 4) is 11.3 Å². The van der Waals surface area contributed by atoms with Gasteiger partial charge in [-0.1, -0.05) is 63.6 Å². The minimum Gasteiger partial charge on any atom is -0.651 e. The molecule has 198 valence electrons. The highest BCUT2D eigenvalue weighted by atomic mass is 16.7. The summed E-state index contributed by atoms with van der Waals surface area (Å²) in [6, 6.07) is 13.2. The van der Waals surface area contributed by atoms with Gasteiger partial charge in [0, 0.05) is 12.2 Å². The molecule has 0 spiro atoms. The first-order chi connectivity index (χ1) is 17.6. The number of pyridine rings is 1. The van der Waals surface area contributed by atoms with Crippen molar-refractivity contribution in [2.75, 3.05) is 13.2 Å². The van der Waals surface area contributed by atoms with Crippen molar-refractivity contribution in [2.45, 2.75) is 58.2 Å². The molecule has 3 N–H and O–H groups in total. The first kappa shape index (κ1) is 26.8. The summed E-state index contributed by atoms with van der Waals surface area (Å²) in [6.45, 7) is 5.56. The number of amides is 2. The molecule has 5 atom stereocenters. The summed E-state index contributed by atoms with van der Waals surface area (Å²) in [6.07, 6.45) is -0.722. The smallest absolute Gasteiger partial charge is 0.396 e. The molecular weight excluding hydrogens is 475 g/mol. The molecule has 2 fully saturated rings. The van der Waals surface area contributed by atoms with Crippen LogP contribution in [0, 0.1) is 5.92 Å². The maximum absolute atomic E-state index is 13.4. The average Bonchev–Trinajstić information content (AvgIpc) is 3.37. The van der Waals surface area contributed by atoms with E-state index in [-0.39, 0.29) is 24.2 Å². The van der Waals surface area contributed by atoms with E-state index in [9.17, 15) is 19.5 Å². The predicted octanol–water partition coefficient (Wildman–Crippen LogP) is 1.51. The lowest BCUT2D eigenvalue weighted by atomic mass is 9.59. The van der Waals surface area contributed by atoms with Crippen LogP contribution in [0.5, 0.6) is 0 Å². The van der Waals surface area contributed by atoms with Gasteiger partial charge in [-0.05, 0) is 37.0 Å². The molecule has 0 bridgehead atoms. The van der Waals surface area contributed by atoms with Gasteiger partial charge in [-0.3, -0.25) is 14.4 Å². The molecule has 1 aromatic heterocycles. The molecule has 4 rings (SSSR count). The second-order valence-electron chi connectivity index (χ2n) is 10.3. The molecule has 1 aromatic carbocycles. The largest absolute Gasteiger partial charge is 0.651 e. The van der Waals surface area contributed by atoms with Crippen molar-refractivity contribution >= 4 is 24.5 Å². The predicted molar refractivity (Wildman–Crippen MR) is 138 cm³/mol. The Bertz CT molecular complexity index is 1150. The van der Waals surface area contributed by atoms with E-state index in [1.807, 2.05) is 55.9 Å². The molecular formula is C26H34BN4O6-. The van der Waals surface area contributed by atoms with Gasteiger partial charge in [0.2, 0.25) is 5.91 Å². The lowest BCUT2D eigenvalue weighted by Crippen LogP contribution is -2.67. The summed E-state index contributed by atoms with van der Waals surface area (Å²) >= 11 is 0. The number of nitrogens with one attached hydrogen (secondary N) is 2. The van der Waals surface area contributed by atoms with E-state index in [0.717, 1.165) is 5.56 Å². The lowest BCUT2D eigenvalue weighted by molar-refractivity contribution is -0.134. The number of nitrogens with zero attached hydrogens (tertiary/aromatic N) is 2. The third-order valence-corrected chi connectivity index (χ3v) is 6.88. The van der Waals surface area contributed by atoms with Crippen LogP contribution in [0.3, 0.4) is 0 Å². The third-order valence-electron chi connectivity index (χ3n) is 6.88. The van der Waals surface area contributed by atoms with Crippen LogP contribution in [-0.2, 0) is 18.9 Å². The zero-order chi connectivity index (χ0) is 26.7. The van der Waals surface area contributed by atoms with Crippen LogP contribution in [0.25, 0.3) is 11.3 Å². The van der Waals surface area contributed by atoms with Crippen LogP contribution in [0.1, 0.15) is 44.6 Å². The fourth-order valence-corrected chi connectivity index (χ4v) is 5.08. The van der Waals surface area contributed by atoms with Crippen LogP contribution in [-0.4, -0.2) is 76.7 Å². The van der Waals surface area contributed by atoms with E-state index in [1.54, 1.807) is 18.2 Å². The molecule has 2 aliphatic heterocycles. The van der Waals surface area contributed by atoms with E-state index in [4.69, 9.17) is 9.31 Å². The highest BCUT2D eigenvalue weighted by Gasteiger charge is 2.55. The Morgan fingerprint density at radius 3 is 2.54 bits per heavy atom. The van der Waals surface area contributed by atoms with Crippen molar-refractivity contribution in [1.29, 1.82) is 0 Å². The number of carbonyl (C=O) groups is 3. The molecule has 10 nitrogen and oxygen atoms in total. The lowest BCUT2D eigenvalue weighted by Gasteiger charge is -2.44. The summed E-state index contributed by atoms with van der Waals surface area (Å²) < 4.78 is 11.7. The van der Waals surface area contributed by atoms with Gasteiger partial charge in [0.05, 0.1) is 18.3 Å². The SMILES string of the molecule is CC(C)C[C@H](NC(=O)[C@@H](NC(=O)c1cccc(-c2ccccc2)n1)[C@@H](C)O)[B-]12OC[C@@H](C)N1CC(=O)O2. The summed E-state index contributed by atoms with van der Waals surface area (Å²) in [5.74, 6) is -2.11. The molecule has 0 radical (unpaired) electrons. The number of aromatic nitrogens is 1. The van der Waals surface area contributed by atoms with Gasteiger partial charge in [-0.15, -0.1) is 0 Å². The quantitative estimate of drug-likeness (QED) is 0.434. The maximum Gasteiger partial charge on any atom is 0.396 e. The topological polar surface area (TPSA) is 130 Å². The van der Waals surface area contributed by atoms with Gasteiger partial charge in [-0.2, -0.15) is 0 Å². The Morgan fingerprint density at radius 2 is 1.86 bits per heavy atom. The Balaban J connectivity index is 1.53. The van der Waals surface area contributed by atoms with E-state index >= 15 is 0 Å².